The van der Waals surface area contributed by atoms with Crippen molar-refractivity contribution in [2.45, 2.75) is 13.5 Å². The summed E-state index contributed by atoms with van der Waals surface area (Å²) in [5.41, 5.74) is 2.93. The van der Waals surface area contributed by atoms with Crippen LogP contribution in [0.5, 0.6) is 5.75 Å². The predicted molar refractivity (Wildman–Crippen MR) is 69.1 cm³/mol. The van der Waals surface area contributed by atoms with Crippen molar-refractivity contribution in [1.82, 2.24) is 9.97 Å². The number of aryl methyl sites for hydroxylation is 1. The molecule has 2 heterocycles. The topological polar surface area (TPSA) is 52.8 Å². The van der Waals surface area contributed by atoms with E-state index in [4.69, 9.17) is 0 Å². The first-order valence-corrected chi connectivity index (χ1v) is 5.94. The molecule has 0 atom stereocenters. The highest BCUT2D eigenvalue weighted by Gasteiger charge is 2.08. The standard InChI is InChI=1S/C14H13N3O.BrH/c1-2-17-8-7-12-13(9-17)16-14(15-12)10-3-5-11(18)6-4-10;/h3-9H,2H2,1H3,(H,16,18);1H. The van der Waals surface area contributed by atoms with E-state index in [1.165, 1.54) is 0 Å². The third-order valence-corrected chi connectivity index (χ3v) is 2.99. The second-order valence-corrected chi connectivity index (χ2v) is 4.21. The zero-order chi connectivity index (χ0) is 12.5. The summed E-state index contributed by atoms with van der Waals surface area (Å²) >= 11 is 0. The van der Waals surface area contributed by atoms with Gasteiger partial charge in [-0.1, -0.05) is 0 Å². The van der Waals surface area contributed by atoms with Gasteiger partial charge in [0.15, 0.2) is 17.9 Å². The summed E-state index contributed by atoms with van der Waals surface area (Å²) in [6.45, 7) is 3.02. The van der Waals surface area contributed by atoms with Crippen LogP contribution in [0.25, 0.3) is 22.4 Å². The number of nitrogens with one attached hydrogen (secondary N) is 1. The second-order valence-electron chi connectivity index (χ2n) is 4.21. The van der Waals surface area contributed by atoms with E-state index in [9.17, 15) is 5.11 Å². The molecular weight excluding hydrogens is 306 g/mol. The number of aromatic nitrogens is 3. The lowest BCUT2D eigenvalue weighted by Gasteiger charge is -1.95. The van der Waals surface area contributed by atoms with Crippen LogP contribution < -0.4 is 21.5 Å². The molecule has 0 fully saturated rings. The van der Waals surface area contributed by atoms with Crippen molar-refractivity contribution in [3.63, 3.8) is 0 Å². The highest BCUT2D eigenvalue weighted by atomic mass is 79.9. The van der Waals surface area contributed by atoms with Crippen molar-refractivity contribution in [2.75, 3.05) is 0 Å². The van der Waals surface area contributed by atoms with Gasteiger partial charge in [-0.05, 0) is 31.2 Å². The highest BCUT2D eigenvalue weighted by Crippen LogP contribution is 2.21. The van der Waals surface area contributed by atoms with Crippen molar-refractivity contribution < 1.29 is 26.7 Å². The number of nitrogens with zero attached hydrogens (tertiary/aromatic N) is 2. The van der Waals surface area contributed by atoms with Gasteiger partial charge < -0.3 is 27.1 Å². The number of rotatable bonds is 2. The van der Waals surface area contributed by atoms with E-state index in [2.05, 4.69) is 21.5 Å². The predicted octanol–water partition coefficient (Wildman–Crippen LogP) is -0.753. The van der Waals surface area contributed by atoms with Gasteiger partial charge in [0, 0.05) is 11.6 Å². The SMILES string of the molecule is CC[n+]1ccc2[nH]c(-c3ccc(O)cc3)nc2c1.[Br-]. The Bertz CT molecular complexity index is 691. The average Bonchev–Trinajstić information content (AvgIpc) is 2.82. The number of pyridine rings is 1. The fourth-order valence-electron chi connectivity index (χ4n) is 1.95. The van der Waals surface area contributed by atoms with Crippen molar-refractivity contribution in [1.29, 1.82) is 0 Å². The van der Waals surface area contributed by atoms with Gasteiger partial charge in [-0.3, -0.25) is 0 Å². The Morgan fingerprint density at radius 2 is 1.95 bits per heavy atom. The number of phenolic OH excluding ortho intramolecular Hbond substituents is 1. The average molecular weight is 320 g/mol. The van der Waals surface area contributed by atoms with Gasteiger partial charge in [0.2, 0.25) is 0 Å². The summed E-state index contributed by atoms with van der Waals surface area (Å²) in [5.74, 6) is 1.08. The molecule has 0 bridgehead atoms. The molecule has 5 heteroatoms. The molecule has 0 spiro atoms. The Morgan fingerprint density at radius 3 is 2.63 bits per heavy atom. The van der Waals surface area contributed by atoms with Gasteiger partial charge >= 0.3 is 0 Å². The van der Waals surface area contributed by atoms with E-state index in [1.807, 2.05) is 30.6 Å². The van der Waals surface area contributed by atoms with E-state index >= 15 is 0 Å². The van der Waals surface area contributed by atoms with Gasteiger partial charge in [0.05, 0.1) is 5.52 Å². The third kappa shape index (κ3) is 2.61. The molecule has 0 aliphatic rings. The van der Waals surface area contributed by atoms with Crippen molar-refractivity contribution in [2.24, 2.45) is 0 Å². The molecule has 19 heavy (non-hydrogen) atoms. The van der Waals surface area contributed by atoms with Gasteiger partial charge in [-0.15, -0.1) is 0 Å². The number of benzene rings is 1. The highest BCUT2D eigenvalue weighted by molar-refractivity contribution is 5.77. The molecule has 2 aromatic heterocycles. The monoisotopic (exact) mass is 319 g/mol. The third-order valence-electron chi connectivity index (χ3n) is 2.99. The van der Waals surface area contributed by atoms with Crippen molar-refractivity contribution in [3.05, 3.63) is 42.7 Å². The number of H-pyrrole nitrogens is 1. The quantitative estimate of drug-likeness (QED) is 0.611. The van der Waals surface area contributed by atoms with Gasteiger partial charge in [0.25, 0.3) is 0 Å². The molecule has 0 radical (unpaired) electrons. The minimum Gasteiger partial charge on any atom is -1.00 e. The Morgan fingerprint density at radius 1 is 1.21 bits per heavy atom. The van der Waals surface area contributed by atoms with E-state index < -0.39 is 0 Å². The molecule has 4 nitrogen and oxygen atoms in total. The Kier molecular flexibility index (Phi) is 3.85. The van der Waals surface area contributed by atoms with Crippen LogP contribution in [0.4, 0.5) is 0 Å². The van der Waals surface area contributed by atoms with E-state index in [0.717, 1.165) is 29.0 Å². The summed E-state index contributed by atoms with van der Waals surface area (Å²) in [7, 11) is 0. The summed E-state index contributed by atoms with van der Waals surface area (Å²) in [6.07, 6.45) is 4.05. The number of hydrogen-bond donors (Lipinski definition) is 2. The molecule has 0 saturated carbocycles. The smallest absolute Gasteiger partial charge is 0.196 e. The minimum absolute atomic E-state index is 0. The maximum absolute atomic E-state index is 9.28. The lowest BCUT2D eigenvalue weighted by atomic mass is 10.2. The largest absolute Gasteiger partial charge is 1.00 e. The molecule has 98 valence electrons. The maximum Gasteiger partial charge on any atom is 0.196 e. The van der Waals surface area contributed by atoms with E-state index in [1.54, 1.807) is 12.1 Å². The molecule has 1 aromatic carbocycles. The second kappa shape index (κ2) is 5.40. The number of fused-ring (bicyclic) bond motifs is 1. The molecule has 0 aliphatic heterocycles. The van der Waals surface area contributed by atoms with Gasteiger partial charge in [0.1, 0.15) is 18.1 Å². The Hall–Kier alpha value is -1.88. The molecule has 3 rings (SSSR count). The number of imidazole rings is 1. The van der Waals surface area contributed by atoms with Crippen molar-refractivity contribution in [3.8, 4) is 17.1 Å². The lowest BCUT2D eigenvalue weighted by molar-refractivity contribution is -0.692. The fourth-order valence-corrected chi connectivity index (χ4v) is 1.95. The number of phenols is 1. The van der Waals surface area contributed by atoms with Gasteiger partial charge in [-0.2, -0.15) is 0 Å². The molecule has 0 unspecified atom stereocenters. The van der Waals surface area contributed by atoms with Crippen LogP contribution >= 0.6 is 0 Å². The van der Waals surface area contributed by atoms with E-state index in [-0.39, 0.29) is 22.7 Å². The zero-order valence-corrected chi connectivity index (χ0v) is 12.1. The first-order chi connectivity index (χ1) is 8.76. The number of aromatic amines is 1. The van der Waals surface area contributed by atoms with Gasteiger partial charge in [-0.25, -0.2) is 9.55 Å². The Labute approximate surface area is 121 Å². The number of aromatic hydroxyl groups is 1. The summed E-state index contributed by atoms with van der Waals surface area (Å²) in [5, 5.41) is 9.28. The number of hydrogen-bond acceptors (Lipinski definition) is 2. The maximum atomic E-state index is 9.28. The van der Waals surface area contributed by atoms with E-state index in [0.29, 0.717) is 0 Å². The molecule has 2 N–H and O–H groups in total. The lowest BCUT2D eigenvalue weighted by Crippen LogP contribution is -3.00. The molecule has 0 amide bonds. The van der Waals surface area contributed by atoms with Crippen molar-refractivity contribution >= 4 is 11.0 Å². The Balaban J connectivity index is 0.00000133. The van der Waals surface area contributed by atoms with Crippen LogP contribution in [0.2, 0.25) is 0 Å². The molecular formula is C14H14BrN3O. The van der Waals surface area contributed by atoms with Crippen LogP contribution in [-0.2, 0) is 6.54 Å². The normalized spacial score (nSPS) is 10.4. The zero-order valence-electron chi connectivity index (χ0n) is 10.5. The molecule has 0 aliphatic carbocycles. The van der Waals surface area contributed by atoms with Crippen LogP contribution in [-0.4, -0.2) is 15.1 Å². The van der Waals surface area contributed by atoms with Crippen LogP contribution in [0.3, 0.4) is 0 Å². The van der Waals surface area contributed by atoms with Crippen LogP contribution in [0.15, 0.2) is 42.7 Å². The molecule has 0 saturated heterocycles. The minimum atomic E-state index is 0. The molecule has 3 aromatic rings. The summed E-state index contributed by atoms with van der Waals surface area (Å²) < 4.78 is 2.09. The summed E-state index contributed by atoms with van der Waals surface area (Å²) in [6, 6.07) is 9.04. The van der Waals surface area contributed by atoms with Crippen LogP contribution in [0.1, 0.15) is 6.92 Å². The first-order valence-electron chi connectivity index (χ1n) is 5.94. The fraction of sp³-hybridized carbons (Fsp3) is 0.143. The first kappa shape index (κ1) is 13.5. The van der Waals surface area contributed by atoms with Crippen LogP contribution in [0, 0.1) is 0 Å². The summed E-state index contributed by atoms with van der Waals surface area (Å²) in [4.78, 5) is 7.84. The number of halogens is 1.